The van der Waals surface area contributed by atoms with Crippen molar-refractivity contribution in [1.82, 2.24) is 15.1 Å². The molecule has 1 aliphatic rings. The molecular weight excluding hydrogens is 238 g/mol. The van der Waals surface area contributed by atoms with Crippen molar-refractivity contribution in [3.05, 3.63) is 0 Å². The Morgan fingerprint density at radius 3 is 2.26 bits per heavy atom. The van der Waals surface area contributed by atoms with Crippen molar-refractivity contribution >= 4 is 5.91 Å². The predicted molar refractivity (Wildman–Crippen MR) is 80.2 cm³/mol. The van der Waals surface area contributed by atoms with Gasteiger partial charge in [0.25, 0.3) is 0 Å². The maximum absolute atomic E-state index is 12.6. The normalized spacial score (nSPS) is 18.6. The minimum absolute atomic E-state index is 0.0245. The number of likely N-dealkylation sites (N-methyl/N-ethyl adjacent to an activating group) is 1. The fourth-order valence-corrected chi connectivity index (χ4v) is 2.72. The van der Waals surface area contributed by atoms with Crippen molar-refractivity contribution in [1.29, 1.82) is 0 Å². The number of nitrogens with one attached hydrogen (secondary N) is 1. The van der Waals surface area contributed by atoms with Crippen molar-refractivity contribution in [2.45, 2.75) is 46.6 Å². The van der Waals surface area contributed by atoms with E-state index in [-0.39, 0.29) is 6.04 Å². The molecule has 112 valence electrons. The number of amides is 1. The van der Waals surface area contributed by atoms with Crippen LogP contribution in [0.5, 0.6) is 0 Å². The second kappa shape index (κ2) is 8.54. The summed E-state index contributed by atoms with van der Waals surface area (Å²) >= 11 is 0. The molecular formula is C15H31N3O. The molecule has 1 amide bonds. The second-order valence-corrected chi connectivity index (χ2v) is 5.52. The molecule has 0 aromatic carbocycles. The van der Waals surface area contributed by atoms with Crippen LogP contribution in [0.1, 0.15) is 40.5 Å². The van der Waals surface area contributed by atoms with Crippen LogP contribution in [-0.2, 0) is 4.79 Å². The van der Waals surface area contributed by atoms with E-state index in [1.807, 2.05) is 4.90 Å². The number of hydrogen-bond donors (Lipinski definition) is 1. The van der Waals surface area contributed by atoms with E-state index in [1.165, 1.54) is 0 Å². The highest BCUT2D eigenvalue weighted by atomic mass is 16.2. The Morgan fingerprint density at radius 1 is 1.21 bits per heavy atom. The van der Waals surface area contributed by atoms with Gasteiger partial charge in [-0.05, 0) is 19.8 Å². The Labute approximate surface area is 118 Å². The first-order chi connectivity index (χ1) is 9.13. The van der Waals surface area contributed by atoms with Crippen LogP contribution in [-0.4, -0.2) is 61.0 Å². The largest absolute Gasteiger partial charge is 0.341 e. The molecule has 1 aliphatic heterocycles. The summed E-state index contributed by atoms with van der Waals surface area (Å²) in [6.07, 6.45) is 2.31. The highest BCUT2D eigenvalue weighted by Crippen LogP contribution is 2.12. The number of carbonyl (C=O) groups excluding carboxylic acids is 1. The summed E-state index contributed by atoms with van der Waals surface area (Å²) in [5.74, 6) is 0.940. The molecule has 1 unspecified atom stereocenters. The fraction of sp³-hybridized carbons (Fsp3) is 0.933. The third-order valence-electron chi connectivity index (χ3n) is 4.38. The summed E-state index contributed by atoms with van der Waals surface area (Å²) in [6, 6.07) is 0.0245. The first kappa shape index (κ1) is 16.4. The van der Waals surface area contributed by atoms with Gasteiger partial charge in [0.15, 0.2) is 0 Å². The van der Waals surface area contributed by atoms with Gasteiger partial charge in [-0.1, -0.05) is 26.7 Å². The summed E-state index contributed by atoms with van der Waals surface area (Å²) in [6.45, 7) is 14.3. The Hall–Kier alpha value is -0.610. The summed E-state index contributed by atoms with van der Waals surface area (Å²) in [7, 11) is 0. The quantitative estimate of drug-likeness (QED) is 0.762. The summed E-state index contributed by atoms with van der Waals surface area (Å²) in [5.41, 5.74) is 0. The molecule has 0 bridgehead atoms. The van der Waals surface area contributed by atoms with Gasteiger partial charge in [-0.2, -0.15) is 0 Å². The average Bonchev–Trinajstić information content (AvgIpc) is 2.48. The molecule has 0 aromatic heterocycles. The molecule has 0 spiro atoms. The Kier molecular flexibility index (Phi) is 7.39. The number of nitrogens with zero attached hydrogens (tertiary/aromatic N) is 2. The minimum atomic E-state index is 0.0245. The molecule has 0 aliphatic carbocycles. The van der Waals surface area contributed by atoms with Gasteiger partial charge >= 0.3 is 0 Å². The van der Waals surface area contributed by atoms with Crippen LogP contribution < -0.4 is 5.32 Å². The van der Waals surface area contributed by atoms with Crippen molar-refractivity contribution in [2.24, 2.45) is 5.92 Å². The van der Waals surface area contributed by atoms with Gasteiger partial charge < -0.3 is 10.2 Å². The van der Waals surface area contributed by atoms with E-state index < -0.39 is 0 Å². The van der Waals surface area contributed by atoms with E-state index in [1.54, 1.807) is 0 Å². The monoisotopic (exact) mass is 269 g/mol. The second-order valence-electron chi connectivity index (χ2n) is 5.52. The maximum atomic E-state index is 12.6. The Bertz CT molecular complexity index is 260. The van der Waals surface area contributed by atoms with Crippen LogP contribution in [0.4, 0.5) is 0 Å². The topological polar surface area (TPSA) is 35.6 Å². The number of hydrogen-bond acceptors (Lipinski definition) is 3. The van der Waals surface area contributed by atoms with Crippen LogP contribution in [0.25, 0.3) is 0 Å². The standard InChI is InChI=1S/C15H31N3O/c1-5-14(6-2)12-17(7-3)15(19)13(4)18-10-8-16-9-11-18/h13-14,16H,5-12H2,1-4H3. The molecule has 4 nitrogen and oxygen atoms in total. The zero-order chi connectivity index (χ0) is 14.3. The minimum Gasteiger partial charge on any atom is -0.341 e. The van der Waals surface area contributed by atoms with Gasteiger partial charge in [0.1, 0.15) is 0 Å². The van der Waals surface area contributed by atoms with Crippen LogP contribution in [0.3, 0.4) is 0 Å². The van der Waals surface area contributed by atoms with Crippen LogP contribution in [0.2, 0.25) is 0 Å². The number of piperazine rings is 1. The Balaban J connectivity index is 2.55. The Morgan fingerprint density at radius 2 is 1.79 bits per heavy atom. The van der Waals surface area contributed by atoms with Crippen molar-refractivity contribution in [3.8, 4) is 0 Å². The molecule has 4 heteroatoms. The smallest absolute Gasteiger partial charge is 0.239 e. The highest BCUT2D eigenvalue weighted by Gasteiger charge is 2.26. The molecule has 1 atom stereocenters. The number of carbonyl (C=O) groups is 1. The van der Waals surface area contributed by atoms with Crippen LogP contribution in [0.15, 0.2) is 0 Å². The molecule has 0 aromatic rings. The molecule has 1 N–H and O–H groups in total. The first-order valence-corrected chi connectivity index (χ1v) is 7.87. The summed E-state index contributed by atoms with van der Waals surface area (Å²) in [4.78, 5) is 17.0. The lowest BCUT2D eigenvalue weighted by Gasteiger charge is -2.35. The van der Waals surface area contributed by atoms with Crippen molar-refractivity contribution in [2.75, 3.05) is 39.3 Å². The van der Waals surface area contributed by atoms with E-state index in [9.17, 15) is 4.79 Å². The maximum Gasteiger partial charge on any atom is 0.239 e. The summed E-state index contributed by atoms with van der Waals surface area (Å²) in [5, 5.41) is 3.34. The van der Waals surface area contributed by atoms with E-state index in [0.29, 0.717) is 11.8 Å². The first-order valence-electron chi connectivity index (χ1n) is 7.87. The van der Waals surface area contributed by atoms with Gasteiger partial charge in [0.05, 0.1) is 6.04 Å². The molecule has 0 saturated carbocycles. The zero-order valence-corrected chi connectivity index (χ0v) is 13.1. The van der Waals surface area contributed by atoms with Gasteiger partial charge in [-0.3, -0.25) is 9.69 Å². The van der Waals surface area contributed by atoms with E-state index in [0.717, 1.165) is 52.1 Å². The third-order valence-corrected chi connectivity index (χ3v) is 4.38. The van der Waals surface area contributed by atoms with E-state index in [2.05, 4.69) is 37.9 Å². The zero-order valence-electron chi connectivity index (χ0n) is 13.1. The fourth-order valence-electron chi connectivity index (χ4n) is 2.72. The lowest BCUT2D eigenvalue weighted by atomic mass is 10.0. The highest BCUT2D eigenvalue weighted by molar-refractivity contribution is 5.81. The van der Waals surface area contributed by atoms with Crippen LogP contribution >= 0.6 is 0 Å². The molecule has 1 rings (SSSR count). The molecule has 1 saturated heterocycles. The van der Waals surface area contributed by atoms with Gasteiger partial charge in [-0.15, -0.1) is 0 Å². The SMILES string of the molecule is CCC(CC)CN(CC)C(=O)C(C)N1CCNCC1. The van der Waals surface area contributed by atoms with Gasteiger partial charge in [0.2, 0.25) is 5.91 Å². The predicted octanol–water partition coefficient (Wildman–Crippen LogP) is 1.56. The van der Waals surface area contributed by atoms with Gasteiger partial charge in [-0.25, -0.2) is 0 Å². The molecule has 19 heavy (non-hydrogen) atoms. The van der Waals surface area contributed by atoms with Crippen LogP contribution in [0, 0.1) is 5.92 Å². The summed E-state index contributed by atoms with van der Waals surface area (Å²) < 4.78 is 0. The van der Waals surface area contributed by atoms with Crippen molar-refractivity contribution < 1.29 is 4.79 Å². The number of rotatable bonds is 7. The lowest BCUT2D eigenvalue weighted by Crippen LogP contribution is -2.54. The molecule has 1 heterocycles. The average molecular weight is 269 g/mol. The van der Waals surface area contributed by atoms with Gasteiger partial charge in [0, 0.05) is 39.3 Å². The molecule has 1 fully saturated rings. The lowest BCUT2D eigenvalue weighted by molar-refractivity contribution is -0.137. The van der Waals surface area contributed by atoms with E-state index in [4.69, 9.17) is 0 Å². The third kappa shape index (κ3) is 4.77. The van der Waals surface area contributed by atoms with Crippen molar-refractivity contribution in [3.63, 3.8) is 0 Å². The molecule has 0 radical (unpaired) electrons. The van der Waals surface area contributed by atoms with E-state index >= 15 is 0 Å².